The topological polar surface area (TPSA) is 177 Å². The van der Waals surface area contributed by atoms with Crippen molar-refractivity contribution in [1.29, 1.82) is 0 Å². The van der Waals surface area contributed by atoms with Crippen LogP contribution in [0.25, 0.3) is 0 Å². The molecule has 0 saturated carbocycles. The number of unbranched alkanes of at least 4 members (excludes halogenated alkanes) is 10. The lowest BCUT2D eigenvalue weighted by molar-refractivity contribution is -0.327. The van der Waals surface area contributed by atoms with Crippen LogP contribution in [-0.2, 0) is 47.5 Å². The Kier molecular flexibility index (Phi) is 20.1. The number of methoxy groups -OCH3 is 1. The molecule has 4 aliphatic heterocycles. The number of carbonyl (C=O) groups excluding carboxylic acids is 3. The second-order valence-corrected chi connectivity index (χ2v) is 17.5. The number of hydrogen-bond donors (Lipinski definition) is 3. The first-order valence-corrected chi connectivity index (χ1v) is 22.3. The van der Waals surface area contributed by atoms with Gasteiger partial charge in [-0.05, 0) is 63.5 Å². The molecule has 0 amide bonds. The molecule has 0 aromatic rings. The fourth-order valence-electron chi connectivity index (χ4n) is 8.57. The van der Waals surface area contributed by atoms with Gasteiger partial charge in [0.25, 0.3) is 0 Å². The highest BCUT2D eigenvalue weighted by Crippen LogP contribution is 2.47. The minimum absolute atomic E-state index is 0.00625. The molecule has 0 aromatic heterocycles. The maximum absolute atomic E-state index is 13.5. The van der Waals surface area contributed by atoms with Crippen molar-refractivity contribution in [3.63, 3.8) is 0 Å². The van der Waals surface area contributed by atoms with E-state index in [1.165, 1.54) is 65.1 Å². The minimum Gasteiger partial charge on any atom is -0.466 e. The van der Waals surface area contributed by atoms with Gasteiger partial charge in [-0.3, -0.25) is 9.59 Å². The number of ether oxygens (including phenoxy) is 7. The van der Waals surface area contributed by atoms with Crippen molar-refractivity contribution < 1.29 is 62.9 Å². The summed E-state index contributed by atoms with van der Waals surface area (Å²) in [6.45, 7) is 7.60. The molecule has 3 fully saturated rings. The van der Waals surface area contributed by atoms with Gasteiger partial charge in [-0.1, -0.05) is 91.1 Å². The zero-order valence-corrected chi connectivity index (χ0v) is 35.9. The van der Waals surface area contributed by atoms with Gasteiger partial charge in [0.2, 0.25) is 5.79 Å². The predicted octanol–water partition coefficient (Wildman–Crippen LogP) is 7.06. The molecule has 3 N–H and O–H groups in total. The van der Waals surface area contributed by atoms with E-state index in [9.17, 15) is 29.7 Å². The van der Waals surface area contributed by atoms with Crippen LogP contribution in [-0.4, -0.2) is 108 Å². The summed E-state index contributed by atoms with van der Waals surface area (Å²) in [5.41, 5.74) is -1.05. The summed E-state index contributed by atoms with van der Waals surface area (Å²) in [7, 11) is 1.23. The molecule has 10 atom stereocenters. The van der Waals surface area contributed by atoms with Gasteiger partial charge in [0.05, 0.1) is 56.8 Å². The zero-order valence-electron chi connectivity index (χ0n) is 35.9. The van der Waals surface area contributed by atoms with Crippen molar-refractivity contribution in [3.05, 3.63) is 23.8 Å². The summed E-state index contributed by atoms with van der Waals surface area (Å²) in [5.74, 6) is -4.21. The first kappa shape index (κ1) is 48.3. The van der Waals surface area contributed by atoms with Gasteiger partial charge in [0.15, 0.2) is 12.4 Å². The first-order valence-electron chi connectivity index (χ1n) is 22.3. The largest absolute Gasteiger partial charge is 0.466 e. The monoisotopic (exact) mass is 823 g/mol. The van der Waals surface area contributed by atoms with Crippen LogP contribution < -0.4 is 0 Å². The van der Waals surface area contributed by atoms with Crippen molar-refractivity contribution in [2.75, 3.05) is 13.7 Å². The molecule has 4 aliphatic rings. The number of esters is 3. The third-order valence-corrected chi connectivity index (χ3v) is 12.1. The SMILES string of the molecule is CCCCCCCCCCCCCC(=O)O[C@H]1C(=CC(=O)OC)C[C@H]2CC([C@@H](C)O)OC(=O)C[C@H](O)C[C@@H]3CCC[C@H](C[C@@H]4CCO[C@H](/C=C\C(C)(C)[C@]1(O)O2)O4)O3. The number of aliphatic hydroxyl groups is 3. The van der Waals surface area contributed by atoms with E-state index in [4.69, 9.17) is 33.2 Å². The van der Waals surface area contributed by atoms with Crippen molar-refractivity contribution >= 4 is 17.9 Å². The Hall–Kier alpha value is -2.39. The predicted molar refractivity (Wildman–Crippen MR) is 216 cm³/mol. The molecule has 1 unspecified atom stereocenters. The molecule has 0 spiro atoms. The van der Waals surface area contributed by atoms with E-state index in [1.54, 1.807) is 26.0 Å². The van der Waals surface area contributed by atoms with Crippen molar-refractivity contribution in [1.82, 2.24) is 0 Å². The average molecular weight is 823 g/mol. The first-order chi connectivity index (χ1) is 27.7. The Morgan fingerprint density at radius 2 is 1.53 bits per heavy atom. The highest BCUT2D eigenvalue weighted by molar-refractivity contribution is 5.83. The number of rotatable bonds is 15. The third kappa shape index (κ3) is 15.3. The van der Waals surface area contributed by atoms with Crippen LogP contribution in [0.4, 0.5) is 0 Å². The quantitative estimate of drug-likeness (QED) is 0.0504. The maximum Gasteiger partial charge on any atom is 0.330 e. The fraction of sp³-hybridized carbons (Fsp3) is 0.844. The van der Waals surface area contributed by atoms with Crippen LogP contribution in [0.2, 0.25) is 0 Å². The van der Waals surface area contributed by atoms with E-state index in [0.29, 0.717) is 25.9 Å². The smallest absolute Gasteiger partial charge is 0.330 e. The molecule has 332 valence electrons. The van der Waals surface area contributed by atoms with Crippen LogP contribution in [0.15, 0.2) is 23.8 Å². The molecular formula is C45H74O13. The van der Waals surface area contributed by atoms with Crippen LogP contribution in [0.3, 0.4) is 0 Å². The highest BCUT2D eigenvalue weighted by Gasteiger charge is 2.57. The number of hydrogen-bond acceptors (Lipinski definition) is 13. The van der Waals surface area contributed by atoms with Gasteiger partial charge in [-0.2, -0.15) is 0 Å². The summed E-state index contributed by atoms with van der Waals surface area (Å²) in [6.07, 6.45) is 14.1. The molecule has 58 heavy (non-hydrogen) atoms. The lowest BCUT2D eigenvalue weighted by Crippen LogP contribution is -2.62. The Bertz CT molecular complexity index is 1330. The minimum atomic E-state index is -2.26. The Morgan fingerprint density at radius 1 is 0.897 bits per heavy atom. The fourth-order valence-corrected chi connectivity index (χ4v) is 8.57. The lowest BCUT2D eigenvalue weighted by atomic mass is 9.74. The average Bonchev–Trinajstić information content (AvgIpc) is 3.17. The molecule has 13 heteroatoms. The molecule has 0 radical (unpaired) electrons. The summed E-state index contributed by atoms with van der Waals surface area (Å²) >= 11 is 0. The maximum atomic E-state index is 13.5. The van der Waals surface area contributed by atoms with Crippen molar-refractivity contribution in [2.24, 2.45) is 5.41 Å². The van der Waals surface area contributed by atoms with Gasteiger partial charge in [0, 0.05) is 30.8 Å². The van der Waals surface area contributed by atoms with Crippen LogP contribution in [0.1, 0.15) is 163 Å². The van der Waals surface area contributed by atoms with E-state index in [-0.39, 0.29) is 56.0 Å². The molecule has 0 aromatic carbocycles. The van der Waals surface area contributed by atoms with Crippen molar-refractivity contribution in [3.8, 4) is 0 Å². The van der Waals surface area contributed by atoms with Crippen LogP contribution in [0, 0.1) is 5.41 Å². The standard InChI is InChI=1S/C45H74O13/c1-6-7-8-9-10-11-12-13-14-15-16-20-39(48)57-43-32(26-40(49)52-5)25-37-30-38(31(2)46)56-41(50)28-33(47)27-34-18-17-19-35(54-34)29-36-22-24-53-42(55-36)21-23-44(3,4)45(43,51)58-37/h21,23,26,31,33-38,42-43,46-47,51H,6-20,22,24-25,27-30H2,1-5H3/b23-21-,32-26?/t31-,33-,34+,35-,36+,37+,38?,42+,43+,45-/m1/s1. The second-order valence-electron chi connectivity index (χ2n) is 17.5. The van der Waals surface area contributed by atoms with Gasteiger partial charge >= 0.3 is 17.9 Å². The molecule has 6 bridgehead atoms. The number of aliphatic hydroxyl groups excluding tert-OH is 2. The van der Waals surface area contributed by atoms with Crippen LogP contribution >= 0.6 is 0 Å². The highest BCUT2D eigenvalue weighted by atomic mass is 16.7. The van der Waals surface area contributed by atoms with E-state index >= 15 is 0 Å². The normalized spacial score (nSPS) is 34.0. The Balaban J connectivity index is 1.57. The van der Waals surface area contributed by atoms with Gasteiger partial charge in [-0.25, -0.2) is 4.79 Å². The van der Waals surface area contributed by atoms with Gasteiger partial charge < -0.3 is 48.5 Å². The van der Waals surface area contributed by atoms with E-state index in [2.05, 4.69) is 6.92 Å². The van der Waals surface area contributed by atoms with Crippen molar-refractivity contribution in [2.45, 2.75) is 223 Å². The molecule has 13 nitrogen and oxygen atoms in total. The van der Waals surface area contributed by atoms with Crippen LogP contribution in [0.5, 0.6) is 0 Å². The summed E-state index contributed by atoms with van der Waals surface area (Å²) in [4.78, 5) is 39.5. The zero-order chi connectivity index (χ0) is 42.1. The van der Waals surface area contributed by atoms with E-state index in [0.717, 1.165) is 38.5 Å². The number of cyclic esters (lactones) is 1. The number of fused-ring (bicyclic) bond motifs is 6. The summed E-state index contributed by atoms with van der Waals surface area (Å²) < 4.78 is 42.0. The lowest BCUT2D eigenvalue weighted by Gasteiger charge is -2.51. The van der Waals surface area contributed by atoms with Gasteiger partial charge in [0.1, 0.15) is 6.10 Å². The molecule has 4 heterocycles. The summed E-state index contributed by atoms with van der Waals surface area (Å²) in [6, 6.07) is 0. The third-order valence-electron chi connectivity index (χ3n) is 12.1. The molecule has 0 aliphatic carbocycles. The Labute approximate surface area is 346 Å². The second kappa shape index (κ2) is 24.2. The summed E-state index contributed by atoms with van der Waals surface area (Å²) in [5, 5.41) is 34.5. The van der Waals surface area contributed by atoms with E-state index in [1.807, 2.05) is 0 Å². The molecular weight excluding hydrogens is 748 g/mol. The van der Waals surface area contributed by atoms with Gasteiger partial charge in [-0.15, -0.1) is 0 Å². The molecule has 4 rings (SSSR count). The molecule has 3 saturated heterocycles. The Morgan fingerprint density at radius 3 is 2.19 bits per heavy atom. The van der Waals surface area contributed by atoms with E-state index < -0.39 is 65.9 Å². The number of carbonyl (C=O) groups is 3.